The van der Waals surface area contributed by atoms with E-state index >= 15 is 0 Å². The standard InChI is InChI=1S/Al.Mg.Mn.H3Si.5H/h;;;1H3;;;;;. The van der Waals surface area contributed by atoms with Crippen LogP contribution in [0.5, 0.6) is 0 Å². The van der Waals surface area contributed by atoms with Gasteiger partial charge in [-0.15, -0.1) is 0 Å². The Balaban J connectivity index is -0.00000000500. The van der Waals surface area contributed by atoms with Gasteiger partial charge in [0.15, 0.2) is 17.4 Å². The molecule has 0 amide bonds. The monoisotopic (exact) mass is 142 g/mol. The molecule has 0 saturated carbocycles. The summed E-state index contributed by atoms with van der Waals surface area (Å²) in [6.07, 6.45) is 0. The Morgan fingerprint density at radius 2 is 1.25 bits per heavy atom. The number of rotatable bonds is 0. The van der Waals surface area contributed by atoms with Gasteiger partial charge in [-0.1, -0.05) is 0 Å². The summed E-state index contributed by atoms with van der Waals surface area (Å²) in [4.78, 5) is 0. The van der Waals surface area contributed by atoms with Crippen molar-refractivity contribution in [3.8, 4) is 0 Å². The fraction of sp³-hybridized carbons (Fsp3) is 0. The quantitative estimate of drug-likeness (QED) is 0.311. The van der Waals surface area contributed by atoms with Crippen LogP contribution in [0.15, 0.2) is 0 Å². The molecule has 0 unspecified atom stereocenters. The molecule has 0 aromatic rings. The molecule has 0 N–H and O–H groups in total. The van der Waals surface area contributed by atoms with E-state index in [1.54, 1.807) is 0 Å². The first-order valence-electron chi connectivity index (χ1n) is 0.378. The molecule has 0 radical (unpaired) electrons. The van der Waals surface area contributed by atoms with E-state index in [-0.39, 0.29) is 40.4 Å². The van der Waals surface area contributed by atoms with Crippen LogP contribution < -0.4 is 0 Å². The van der Waals surface area contributed by atoms with Gasteiger partial charge >= 0.3 is 47.3 Å². The zero-order valence-corrected chi connectivity index (χ0v) is 4.56. The van der Waals surface area contributed by atoms with E-state index in [1.165, 1.54) is 0 Å². The third kappa shape index (κ3) is 8.97. The van der Waals surface area contributed by atoms with Crippen LogP contribution >= 0.6 is 0 Å². The molecule has 0 saturated heterocycles. The zero-order valence-electron chi connectivity index (χ0n) is 1.38. The molecular weight excluding hydrogens is 134 g/mol. The summed E-state index contributed by atoms with van der Waals surface area (Å²) in [5.41, 5.74) is 0. The molecule has 0 bridgehead atoms. The van der Waals surface area contributed by atoms with Crippen molar-refractivity contribution in [1.82, 2.24) is 0 Å². The summed E-state index contributed by atoms with van der Waals surface area (Å²) >= 11 is 3.08. The van der Waals surface area contributed by atoms with E-state index in [0.717, 1.165) is 8.85 Å². The van der Waals surface area contributed by atoms with Crippen molar-refractivity contribution in [1.29, 1.82) is 0 Å². The molecule has 0 aliphatic heterocycles. The molecule has 0 aromatic carbocycles. The summed E-state index contributed by atoms with van der Waals surface area (Å²) in [7, 11) is 1.12. The molecule has 0 rings (SSSR count). The Hall–Kier alpha value is 2.04. The molecule has 0 aliphatic carbocycles. The van der Waals surface area contributed by atoms with Gasteiger partial charge in [-0.25, -0.2) is 0 Å². The second-order valence-electron chi connectivity index (χ2n) is 0. The van der Waals surface area contributed by atoms with Crippen molar-refractivity contribution in [3.05, 3.63) is 0 Å². The first kappa shape index (κ1) is 16.6. The molecule has 0 aromatic heterocycles. The van der Waals surface area contributed by atoms with E-state index in [4.69, 9.17) is 0 Å². The molecule has 4 heteroatoms. The summed E-state index contributed by atoms with van der Waals surface area (Å²) in [6, 6.07) is 0. The Morgan fingerprint density at radius 1 is 1.25 bits per heavy atom. The van der Waals surface area contributed by atoms with Crippen LogP contribution in [0.4, 0.5) is 0 Å². The summed E-state index contributed by atoms with van der Waals surface area (Å²) in [6.45, 7) is 0. The predicted octanol–water partition coefficient (Wildman–Crippen LogP) is -3.29. The van der Waals surface area contributed by atoms with Crippen molar-refractivity contribution >= 4 is 49.3 Å². The van der Waals surface area contributed by atoms with Crippen LogP contribution in [-0.2, 0) is 15.4 Å². The number of hydrogen-bond donors (Lipinski definition) is 0. The number of hydrogen-bond acceptors (Lipinski definition) is 0. The average molecular weight is 142 g/mol. The minimum absolute atomic E-state index is 0. The van der Waals surface area contributed by atoms with E-state index in [2.05, 4.69) is 15.4 Å². The van der Waals surface area contributed by atoms with Crippen LogP contribution in [0.1, 0.15) is 0 Å². The molecule has 0 fully saturated rings. The maximum atomic E-state index is 3.08. The van der Waals surface area contributed by atoms with Crippen LogP contribution in [-0.4, -0.2) is 49.3 Å². The summed E-state index contributed by atoms with van der Waals surface area (Å²) in [5.74, 6) is 0. The predicted molar refractivity (Wildman–Crippen MR) is 28.4 cm³/mol. The van der Waals surface area contributed by atoms with Gasteiger partial charge in [-0.3, -0.25) is 0 Å². The topological polar surface area (TPSA) is 0 Å². The summed E-state index contributed by atoms with van der Waals surface area (Å²) < 4.78 is 0. The molecule has 0 atom stereocenters. The zero-order chi connectivity index (χ0) is 2.00. The third-order valence-corrected chi connectivity index (χ3v) is 0. The van der Waals surface area contributed by atoms with E-state index < -0.39 is 0 Å². The van der Waals surface area contributed by atoms with Crippen molar-refractivity contribution in [2.45, 2.75) is 0 Å². The average Bonchev–Trinajstić information content (AvgIpc) is 1.00. The first-order chi connectivity index (χ1) is 1.00. The van der Waals surface area contributed by atoms with Gasteiger partial charge in [0.25, 0.3) is 0 Å². The second kappa shape index (κ2) is 19.8. The molecule has 0 aliphatic rings. The van der Waals surface area contributed by atoms with Crippen molar-refractivity contribution in [2.24, 2.45) is 0 Å². The van der Waals surface area contributed by atoms with E-state index in [1.807, 2.05) is 0 Å². The van der Waals surface area contributed by atoms with Gasteiger partial charge in [-0.05, 0) is 0 Å². The van der Waals surface area contributed by atoms with Crippen molar-refractivity contribution in [3.63, 3.8) is 0 Å². The van der Waals surface area contributed by atoms with Gasteiger partial charge in [0.2, 0.25) is 0 Å². The van der Waals surface area contributed by atoms with Gasteiger partial charge in [0.1, 0.15) is 0 Å². The molecule has 4 heavy (non-hydrogen) atoms. The van der Waals surface area contributed by atoms with Crippen molar-refractivity contribution in [2.75, 3.05) is 0 Å². The normalized spacial score (nSPS) is 2.25. The Morgan fingerprint density at radius 3 is 1.25 bits per heavy atom. The van der Waals surface area contributed by atoms with Crippen LogP contribution in [0.2, 0.25) is 0 Å². The third-order valence-electron chi connectivity index (χ3n) is 0. The van der Waals surface area contributed by atoms with Crippen LogP contribution in [0.25, 0.3) is 0 Å². The van der Waals surface area contributed by atoms with E-state index in [9.17, 15) is 0 Å². The molecule has 0 spiro atoms. The fourth-order valence-corrected chi connectivity index (χ4v) is 0. The van der Waals surface area contributed by atoms with Gasteiger partial charge in [0.05, 0.1) is 0 Å². The molecule has 24 valence electrons. The molecule has 0 heterocycles. The van der Waals surface area contributed by atoms with Crippen LogP contribution in [0.3, 0.4) is 0 Å². The molecular formula is H8AlMgMnSi. The van der Waals surface area contributed by atoms with Crippen LogP contribution in [0, 0.1) is 0 Å². The second-order valence-corrected chi connectivity index (χ2v) is 0. The maximum absolute atomic E-state index is 3.08. The Bertz CT molecular complexity index is 8.00. The molecule has 0 nitrogen and oxygen atoms in total. The fourth-order valence-electron chi connectivity index (χ4n) is 0. The van der Waals surface area contributed by atoms with E-state index in [0.29, 0.717) is 0 Å². The van der Waals surface area contributed by atoms with Gasteiger partial charge < -0.3 is 0 Å². The Labute approximate surface area is 64.1 Å². The minimum atomic E-state index is 0. The van der Waals surface area contributed by atoms with Crippen molar-refractivity contribution < 1.29 is 15.4 Å². The van der Waals surface area contributed by atoms with Gasteiger partial charge in [-0.2, -0.15) is 0 Å². The summed E-state index contributed by atoms with van der Waals surface area (Å²) in [5, 5.41) is 0. The first-order valence-corrected chi connectivity index (χ1v) is 4.68. The SMILES string of the molecule is [AlH3].[MgH2].[SiH3][Mn]. The van der Waals surface area contributed by atoms with Gasteiger partial charge in [0, 0.05) is 0 Å². The Kier molecular flexibility index (Phi) is 82.2.